The van der Waals surface area contributed by atoms with Gasteiger partial charge in [0.1, 0.15) is 11.6 Å². The molecule has 2 amide bonds. The van der Waals surface area contributed by atoms with Crippen LogP contribution in [-0.4, -0.2) is 52.4 Å². The topological polar surface area (TPSA) is 87.3 Å². The number of rotatable bonds is 4. The standard InChI is InChI=1S/C32H38N4O3/c1-3-26-19-32(20-30(37)35-26)11-13-36(14-12-32)31(38)16-22-4-5-25-17-23(7-9-29(25)39-15-10-22)24-6-8-27-28(18-24)34-21(2)33-27/h4,6-9,17-18,26H,3,5,10-16,19-20H2,1-2H3,(H,33,34)(H,35,37)/b22-4+. The van der Waals surface area contributed by atoms with Crippen molar-refractivity contribution in [3.63, 3.8) is 0 Å². The van der Waals surface area contributed by atoms with Crippen molar-refractivity contribution in [3.05, 3.63) is 59.4 Å². The van der Waals surface area contributed by atoms with Crippen molar-refractivity contribution in [2.75, 3.05) is 19.7 Å². The summed E-state index contributed by atoms with van der Waals surface area (Å²) >= 11 is 0. The highest BCUT2D eigenvalue weighted by Crippen LogP contribution is 2.42. The SMILES string of the molecule is CCC1CC2(CCN(C(=O)C/C3=C/Cc4cc(-c5ccc6nc(C)[nH]c6c5)ccc4OCC3)CC2)CC(=O)N1. The Morgan fingerprint density at radius 2 is 1.95 bits per heavy atom. The number of benzene rings is 2. The lowest BCUT2D eigenvalue weighted by Crippen LogP contribution is -2.52. The summed E-state index contributed by atoms with van der Waals surface area (Å²) < 4.78 is 6.14. The maximum atomic E-state index is 13.3. The van der Waals surface area contributed by atoms with E-state index in [-0.39, 0.29) is 23.3 Å². The van der Waals surface area contributed by atoms with Crippen LogP contribution in [0.25, 0.3) is 22.2 Å². The maximum absolute atomic E-state index is 13.3. The predicted molar refractivity (Wildman–Crippen MR) is 152 cm³/mol. The number of aromatic amines is 1. The molecule has 7 heteroatoms. The molecule has 4 heterocycles. The number of imidazole rings is 1. The number of piperidine rings is 2. The molecule has 3 aliphatic heterocycles. The lowest BCUT2D eigenvalue weighted by Gasteiger charge is -2.46. The first-order valence-electron chi connectivity index (χ1n) is 14.4. The third-order valence-electron chi connectivity index (χ3n) is 8.91. The molecular weight excluding hydrogens is 488 g/mol. The van der Waals surface area contributed by atoms with Crippen LogP contribution in [0, 0.1) is 12.3 Å². The smallest absolute Gasteiger partial charge is 0.226 e. The van der Waals surface area contributed by atoms with Gasteiger partial charge in [0.05, 0.1) is 17.6 Å². The molecule has 39 heavy (non-hydrogen) atoms. The van der Waals surface area contributed by atoms with Crippen LogP contribution < -0.4 is 10.1 Å². The van der Waals surface area contributed by atoms with Crippen LogP contribution in [0.2, 0.25) is 0 Å². The van der Waals surface area contributed by atoms with Crippen LogP contribution in [0.4, 0.5) is 0 Å². The zero-order chi connectivity index (χ0) is 27.0. The van der Waals surface area contributed by atoms with Gasteiger partial charge in [-0.15, -0.1) is 0 Å². The van der Waals surface area contributed by atoms with Crippen LogP contribution in [0.5, 0.6) is 5.75 Å². The van der Waals surface area contributed by atoms with Crippen LogP contribution in [0.3, 0.4) is 0 Å². The third-order valence-corrected chi connectivity index (χ3v) is 8.91. The number of ether oxygens (including phenoxy) is 1. The number of nitrogens with one attached hydrogen (secondary N) is 2. The highest BCUT2D eigenvalue weighted by molar-refractivity contribution is 5.82. The fraction of sp³-hybridized carbons (Fsp3) is 0.469. The summed E-state index contributed by atoms with van der Waals surface area (Å²) in [7, 11) is 0. The summed E-state index contributed by atoms with van der Waals surface area (Å²) in [6.45, 7) is 6.17. The molecule has 2 N–H and O–H groups in total. The van der Waals surface area contributed by atoms with Crippen LogP contribution in [0.15, 0.2) is 48.0 Å². The van der Waals surface area contributed by atoms with Crippen molar-refractivity contribution in [2.24, 2.45) is 5.41 Å². The average Bonchev–Trinajstić information content (AvgIpc) is 3.29. The third kappa shape index (κ3) is 5.45. The minimum Gasteiger partial charge on any atom is -0.493 e. The van der Waals surface area contributed by atoms with E-state index in [1.54, 1.807) is 0 Å². The second-order valence-electron chi connectivity index (χ2n) is 11.7. The quantitative estimate of drug-likeness (QED) is 0.441. The predicted octanol–water partition coefficient (Wildman–Crippen LogP) is 5.48. The molecule has 1 atom stereocenters. The summed E-state index contributed by atoms with van der Waals surface area (Å²) in [5.74, 6) is 2.20. The fourth-order valence-electron chi connectivity index (χ4n) is 6.61. The molecule has 0 saturated carbocycles. The Hall–Kier alpha value is -3.61. The number of likely N-dealkylation sites (tertiary alicyclic amines) is 1. The Morgan fingerprint density at radius 1 is 1.15 bits per heavy atom. The van der Waals surface area contributed by atoms with Gasteiger partial charge >= 0.3 is 0 Å². The Labute approximate surface area is 230 Å². The van der Waals surface area contributed by atoms with Crippen molar-refractivity contribution < 1.29 is 14.3 Å². The fourth-order valence-corrected chi connectivity index (χ4v) is 6.61. The second kappa shape index (κ2) is 10.5. The van der Waals surface area contributed by atoms with Gasteiger partial charge in [-0.05, 0) is 85.4 Å². The maximum Gasteiger partial charge on any atom is 0.226 e. The minimum absolute atomic E-state index is 0.0648. The monoisotopic (exact) mass is 526 g/mol. The molecule has 2 saturated heterocycles. The van der Waals surface area contributed by atoms with Gasteiger partial charge in [0.2, 0.25) is 11.8 Å². The molecule has 2 fully saturated rings. The van der Waals surface area contributed by atoms with E-state index in [2.05, 4.69) is 64.7 Å². The van der Waals surface area contributed by atoms with Crippen molar-refractivity contribution in [3.8, 4) is 16.9 Å². The molecular formula is C32H38N4O3. The molecule has 3 aromatic rings. The molecule has 1 unspecified atom stereocenters. The van der Waals surface area contributed by atoms with Gasteiger partial charge in [0.15, 0.2) is 0 Å². The Morgan fingerprint density at radius 3 is 2.77 bits per heavy atom. The Kier molecular flexibility index (Phi) is 6.92. The number of aromatic nitrogens is 2. The van der Waals surface area contributed by atoms with E-state index in [1.165, 1.54) is 0 Å². The number of allylic oxidation sites excluding steroid dienone is 1. The first kappa shape index (κ1) is 25.7. The van der Waals surface area contributed by atoms with Gasteiger partial charge in [-0.1, -0.05) is 30.7 Å². The summed E-state index contributed by atoms with van der Waals surface area (Å²) in [6, 6.07) is 13.0. The lowest BCUT2D eigenvalue weighted by molar-refractivity contribution is -0.135. The Balaban J connectivity index is 1.11. The van der Waals surface area contributed by atoms with Crippen molar-refractivity contribution in [1.29, 1.82) is 0 Å². The molecule has 3 aliphatic rings. The van der Waals surface area contributed by atoms with Gasteiger partial charge in [0.25, 0.3) is 0 Å². The zero-order valence-electron chi connectivity index (χ0n) is 23.0. The van der Waals surface area contributed by atoms with E-state index in [0.29, 0.717) is 19.4 Å². The van der Waals surface area contributed by atoms with Crippen LogP contribution >= 0.6 is 0 Å². The van der Waals surface area contributed by atoms with Crippen molar-refractivity contribution >= 4 is 22.8 Å². The number of fused-ring (bicyclic) bond motifs is 2. The van der Waals surface area contributed by atoms with Gasteiger partial charge in [-0.25, -0.2) is 4.98 Å². The minimum atomic E-state index is 0.0648. The normalized spacial score (nSPS) is 22.3. The number of hydrogen-bond donors (Lipinski definition) is 2. The molecule has 1 spiro atoms. The van der Waals surface area contributed by atoms with Gasteiger partial charge < -0.3 is 19.9 Å². The number of carbonyl (C=O) groups is 2. The van der Waals surface area contributed by atoms with E-state index in [1.807, 2.05) is 11.8 Å². The van der Waals surface area contributed by atoms with Crippen molar-refractivity contribution in [1.82, 2.24) is 20.2 Å². The molecule has 0 aliphatic carbocycles. The number of amides is 2. The molecule has 0 bridgehead atoms. The highest BCUT2D eigenvalue weighted by Gasteiger charge is 2.42. The number of nitrogens with zero attached hydrogens (tertiary/aromatic N) is 2. The molecule has 204 valence electrons. The largest absolute Gasteiger partial charge is 0.493 e. The first-order chi connectivity index (χ1) is 18.9. The van der Waals surface area contributed by atoms with E-state index < -0.39 is 0 Å². The van der Waals surface area contributed by atoms with Crippen LogP contribution in [-0.2, 0) is 16.0 Å². The lowest BCUT2D eigenvalue weighted by atomic mass is 9.69. The van der Waals surface area contributed by atoms with E-state index in [9.17, 15) is 9.59 Å². The zero-order valence-corrected chi connectivity index (χ0v) is 23.0. The van der Waals surface area contributed by atoms with E-state index >= 15 is 0 Å². The highest BCUT2D eigenvalue weighted by atomic mass is 16.5. The van der Waals surface area contributed by atoms with E-state index in [0.717, 1.165) is 96.5 Å². The molecule has 2 aromatic carbocycles. The number of aryl methyl sites for hydroxylation is 1. The molecule has 0 radical (unpaired) electrons. The summed E-state index contributed by atoms with van der Waals surface area (Å²) in [5.41, 5.74) is 6.64. The second-order valence-corrected chi connectivity index (χ2v) is 11.7. The Bertz CT molecular complexity index is 1430. The molecule has 6 rings (SSSR count). The molecule has 1 aromatic heterocycles. The van der Waals surface area contributed by atoms with Crippen LogP contribution in [0.1, 0.15) is 63.3 Å². The average molecular weight is 527 g/mol. The number of H-pyrrole nitrogens is 1. The van der Waals surface area contributed by atoms with Gasteiger partial charge in [0, 0.05) is 38.4 Å². The van der Waals surface area contributed by atoms with E-state index in [4.69, 9.17) is 4.74 Å². The first-order valence-corrected chi connectivity index (χ1v) is 14.4. The molecule has 7 nitrogen and oxygen atoms in total. The summed E-state index contributed by atoms with van der Waals surface area (Å²) in [4.78, 5) is 35.4. The van der Waals surface area contributed by atoms with Gasteiger partial charge in [-0.2, -0.15) is 0 Å². The summed E-state index contributed by atoms with van der Waals surface area (Å²) in [6.07, 6.45) is 8.63. The number of carbonyl (C=O) groups excluding carboxylic acids is 2. The number of hydrogen-bond acceptors (Lipinski definition) is 4. The van der Waals surface area contributed by atoms with Gasteiger partial charge in [-0.3, -0.25) is 9.59 Å². The summed E-state index contributed by atoms with van der Waals surface area (Å²) in [5, 5.41) is 3.12. The van der Waals surface area contributed by atoms with Crippen molar-refractivity contribution in [2.45, 2.75) is 71.3 Å².